The Balaban J connectivity index is 2.19. The van der Waals surface area contributed by atoms with Crippen molar-refractivity contribution in [1.29, 1.82) is 0 Å². The number of hydrogen-bond donors (Lipinski definition) is 2. The van der Waals surface area contributed by atoms with Crippen LogP contribution in [0.2, 0.25) is 0 Å². The molecule has 0 radical (unpaired) electrons. The highest BCUT2D eigenvalue weighted by molar-refractivity contribution is 7.93. The first-order chi connectivity index (χ1) is 13.4. The number of sulfone groups is 1. The maximum absolute atomic E-state index is 13.0. The first kappa shape index (κ1) is 23.2. The Morgan fingerprint density at radius 1 is 1.31 bits per heavy atom. The van der Waals surface area contributed by atoms with Crippen LogP contribution in [0.25, 0.3) is 0 Å². The molecule has 0 saturated carbocycles. The van der Waals surface area contributed by atoms with Gasteiger partial charge in [-0.05, 0) is 31.2 Å². The van der Waals surface area contributed by atoms with Gasteiger partial charge in [0.05, 0.1) is 6.04 Å². The molecule has 1 aliphatic rings. The molecule has 0 bridgehead atoms. The number of aliphatic hydroxyl groups is 1. The lowest BCUT2D eigenvalue weighted by atomic mass is 9.83. The van der Waals surface area contributed by atoms with Crippen LogP contribution in [0.5, 0.6) is 0 Å². The number of carbonyl (C=O) groups is 1. The van der Waals surface area contributed by atoms with Gasteiger partial charge in [-0.25, -0.2) is 13.2 Å². The van der Waals surface area contributed by atoms with E-state index in [1.54, 1.807) is 37.3 Å². The summed E-state index contributed by atoms with van der Waals surface area (Å²) in [6.45, 7) is 1.63. The lowest BCUT2D eigenvalue weighted by molar-refractivity contribution is -0.224. The minimum Gasteiger partial charge on any atom is -0.383 e. The Hall–Kier alpha value is -2.07. The quantitative estimate of drug-likeness (QED) is 0.746. The van der Waals surface area contributed by atoms with Crippen LogP contribution >= 0.6 is 0 Å². The number of likely N-dealkylation sites (tertiary alicyclic amines) is 1. The molecule has 10 heteroatoms. The molecule has 2 N–H and O–H groups in total. The molecular formula is C19H25F3N2O4S. The zero-order valence-corrected chi connectivity index (χ0v) is 16.9. The average Bonchev–Trinajstić information content (AvgIpc) is 2.64. The first-order valence-corrected chi connectivity index (χ1v) is 11.1. The van der Waals surface area contributed by atoms with Gasteiger partial charge in [-0.3, -0.25) is 0 Å². The van der Waals surface area contributed by atoms with Gasteiger partial charge >= 0.3 is 12.2 Å². The molecule has 1 aliphatic heterocycles. The second-order valence-corrected chi connectivity index (χ2v) is 9.22. The van der Waals surface area contributed by atoms with E-state index in [2.05, 4.69) is 5.32 Å². The van der Waals surface area contributed by atoms with Crippen LogP contribution in [0.4, 0.5) is 18.0 Å². The standard InChI is InChI=1S/C19H25F3N2O4S/c1-13(9-11-29(2,27)28)23-18(26)24-10-8-15(17(25)19(20,21)22)12-16(24)14-6-4-3-5-7-14/h3-7,9,11,13,15-17,25H,8,10,12H2,1-2H3,(H,23,26)/b11-9+/t13-,15-,16+,17?/m0/s1. The summed E-state index contributed by atoms with van der Waals surface area (Å²) in [5, 5.41) is 13.3. The molecule has 0 aliphatic carbocycles. The summed E-state index contributed by atoms with van der Waals surface area (Å²) in [4.78, 5) is 14.2. The summed E-state index contributed by atoms with van der Waals surface area (Å²) in [6, 6.07) is 6.92. The highest BCUT2D eigenvalue weighted by atomic mass is 32.2. The maximum atomic E-state index is 13.0. The molecule has 29 heavy (non-hydrogen) atoms. The van der Waals surface area contributed by atoms with Gasteiger partial charge in [-0.15, -0.1) is 0 Å². The van der Waals surface area contributed by atoms with Gasteiger partial charge in [0.25, 0.3) is 0 Å². The fourth-order valence-electron chi connectivity index (χ4n) is 3.37. The molecule has 2 rings (SSSR count). The number of hydrogen-bond acceptors (Lipinski definition) is 4. The van der Waals surface area contributed by atoms with Crippen molar-refractivity contribution < 1.29 is 31.5 Å². The highest BCUT2D eigenvalue weighted by Gasteiger charge is 2.46. The van der Waals surface area contributed by atoms with Gasteiger partial charge in [0.1, 0.15) is 0 Å². The molecular weight excluding hydrogens is 409 g/mol. The van der Waals surface area contributed by atoms with Gasteiger partial charge in [-0.1, -0.05) is 36.4 Å². The number of nitrogens with zero attached hydrogens (tertiary/aromatic N) is 1. The first-order valence-electron chi connectivity index (χ1n) is 9.13. The minimum absolute atomic E-state index is 0.00495. The molecule has 1 heterocycles. The lowest BCUT2D eigenvalue weighted by Gasteiger charge is -2.41. The number of piperidine rings is 1. The van der Waals surface area contributed by atoms with E-state index >= 15 is 0 Å². The van der Waals surface area contributed by atoms with Crippen LogP contribution in [-0.4, -0.2) is 55.6 Å². The third-order valence-electron chi connectivity index (χ3n) is 4.84. The molecule has 1 fully saturated rings. The molecule has 2 amide bonds. The van der Waals surface area contributed by atoms with E-state index in [9.17, 15) is 31.5 Å². The zero-order valence-electron chi connectivity index (χ0n) is 16.1. The molecule has 1 unspecified atom stereocenters. The summed E-state index contributed by atoms with van der Waals surface area (Å²) in [5.74, 6) is -1.02. The van der Waals surface area contributed by atoms with E-state index < -0.39 is 46.2 Å². The van der Waals surface area contributed by atoms with Gasteiger partial charge in [0.2, 0.25) is 0 Å². The summed E-state index contributed by atoms with van der Waals surface area (Å²) >= 11 is 0. The van der Waals surface area contributed by atoms with Crippen molar-refractivity contribution in [3.63, 3.8) is 0 Å². The Labute approximate surface area is 168 Å². The predicted molar refractivity (Wildman–Crippen MR) is 103 cm³/mol. The Morgan fingerprint density at radius 2 is 1.93 bits per heavy atom. The number of urea groups is 1. The SMILES string of the molecule is C[C@@H](/C=C/S(C)(=O)=O)NC(=O)N1CC[C@H](C(O)C(F)(F)F)C[C@@H]1c1ccccc1. The van der Waals surface area contributed by atoms with E-state index in [-0.39, 0.29) is 19.4 Å². The Morgan fingerprint density at radius 3 is 2.48 bits per heavy atom. The van der Waals surface area contributed by atoms with E-state index in [0.29, 0.717) is 5.56 Å². The number of rotatable bonds is 5. The number of carbonyl (C=O) groups excluding carboxylic acids is 1. The number of nitrogens with one attached hydrogen (secondary N) is 1. The molecule has 1 aromatic rings. The third kappa shape index (κ3) is 6.74. The van der Waals surface area contributed by atoms with Crippen molar-refractivity contribution in [2.24, 2.45) is 5.92 Å². The third-order valence-corrected chi connectivity index (χ3v) is 5.49. The van der Waals surface area contributed by atoms with Gasteiger partial charge in [0.15, 0.2) is 15.9 Å². The Bertz CT molecular complexity index is 828. The Kier molecular flexibility index (Phi) is 7.34. The average molecular weight is 434 g/mol. The van der Waals surface area contributed by atoms with Crippen molar-refractivity contribution in [3.05, 3.63) is 47.4 Å². The number of benzene rings is 1. The minimum atomic E-state index is -4.72. The van der Waals surface area contributed by atoms with E-state index in [1.165, 1.54) is 11.0 Å². The maximum Gasteiger partial charge on any atom is 0.414 e. The second-order valence-electron chi connectivity index (χ2n) is 7.29. The lowest BCUT2D eigenvalue weighted by Crippen LogP contribution is -2.50. The smallest absolute Gasteiger partial charge is 0.383 e. The van der Waals surface area contributed by atoms with Crippen LogP contribution in [0.1, 0.15) is 31.4 Å². The number of alkyl halides is 3. The summed E-state index contributed by atoms with van der Waals surface area (Å²) < 4.78 is 61.3. The van der Waals surface area contributed by atoms with Crippen molar-refractivity contribution in [3.8, 4) is 0 Å². The van der Waals surface area contributed by atoms with Crippen LogP contribution in [0.3, 0.4) is 0 Å². The summed E-state index contributed by atoms with van der Waals surface area (Å²) in [5.41, 5.74) is 0.668. The molecule has 4 atom stereocenters. The van der Waals surface area contributed by atoms with Crippen LogP contribution in [-0.2, 0) is 9.84 Å². The molecule has 0 aromatic heterocycles. The highest BCUT2D eigenvalue weighted by Crippen LogP contribution is 2.39. The fourth-order valence-corrected chi connectivity index (χ4v) is 3.89. The van der Waals surface area contributed by atoms with Crippen molar-refractivity contribution >= 4 is 15.9 Å². The summed E-state index contributed by atoms with van der Waals surface area (Å²) in [6.07, 6.45) is -4.85. The van der Waals surface area contributed by atoms with Crippen molar-refractivity contribution in [1.82, 2.24) is 10.2 Å². The number of amides is 2. The van der Waals surface area contributed by atoms with Crippen LogP contribution < -0.4 is 5.32 Å². The molecule has 162 valence electrons. The van der Waals surface area contributed by atoms with E-state index in [1.807, 2.05) is 0 Å². The second kappa shape index (κ2) is 9.17. The van der Waals surface area contributed by atoms with Gasteiger partial charge in [0, 0.05) is 24.3 Å². The fraction of sp³-hybridized carbons (Fsp3) is 0.526. The summed E-state index contributed by atoms with van der Waals surface area (Å²) in [7, 11) is -3.34. The zero-order chi connectivity index (χ0) is 21.8. The van der Waals surface area contributed by atoms with Gasteiger partial charge < -0.3 is 15.3 Å². The molecule has 6 nitrogen and oxygen atoms in total. The molecule has 1 saturated heterocycles. The predicted octanol–water partition coefficient (Wildman–Crippen LogP) is 3.02. The topological polar surface area (TPSA) is 86.7 Å². The van der Waals surface area contributed by atoms with Crippen molar-refractivity contribution in [2.75, 3.05) is 12.8 Å². The monoisotopic (exact) mass is 434 g/mol. The van der Waals surface area contributed by atoms with Crippen LogP contribution in [0.15, 0.2) is 41.8 Å². The van der Waals surface area contributed by atoms with Crippen molar-refractivity contribution in [2.45, 2.75) is 44.1 Å². The van der Waals surface area contributed by atoms with Gasteiger partial charge in [-0.2, -0.15) is 13.2 Å². The van der Waals surface area contributed by atoms with Crippen LogP contribution in [0, 0.1) is 5.92 Å². The normalized spacial score (nSPS) is 23.0. The number of aliphatic hydroxyl groups excluding tert-OH is 1. The van der Waals surface area contributed by atoms with E-state index in [0.717, 1.165) is 11.7 Å². The number of halogens is 3. The molecule has 1 aromatic carbocycles. The van der Waals surface area contributed by atoms with E-state index in [4.69, 9.17) is 0 Å². The molecule has 0 spiro atoms. The largest absolute Gasteiger partial charge is 0.414 e.